The lowest BCUT2D eigenvalue weighted by Crippen LogP contribution is -2.13. The Labute approximate surface area is 159 Å². The molecule has 0 heterocycles. The summed E-state index contributed by atoms with van der Waals surface area (Å²) in [6, 6.07) is 13.9. The maximum absolute atomic E-state index is 12.3. The predicted octanol–water partition coefficient (Wildman–Crippen LogP) is 5.89. The Morgan fingerprint density at radius 1 is 0.885 bits per heavy atom. The van der Waals surface area contributed by atoms with Crippen molar-refractivity contribution in [3.8, 4) is 0 Å². The van der Waals surface area contributed by atoms with E-state index in [0.717, 1.165) is 12.8 Å². The van der Waals surface area contributed by atoms with Crippen LogP contribution in [-0.4, -0.2) is 11.8 Å². The minimum Gasteiger partial charge on any atom is -0.326 e. The third-order valence-corrected chi connectivity index (χ3v) is 4.39. The molecule has 0 saturated heterocycles. The van der Waals surface area contributed by atoms with Gasteiger partial charge in [0.1, 0.15) is 0 Å². The zero-order valence-electron chi connectivity index (χ0n) is 15.1. The van der Waals surface area contributed by atoms with E-state index in [2.05, 4.69) is 17.6 Å². The van der Waals surface area contributed by atoms with Crippen molar-refractivity contribution in [1.29, 1.82) is 0 Å². The summed E-state index contributed by atoms with van der Waals surface area (Å²) in [6.07, 6.45) is 6.12. The molecular formula is C21H25ClN2O2. The van der Waals surface area contributed by atoms with Gasteiger partial charge in [0.05, 0.1) is 10.7 Å². The van der Waals surface area contributed by atoms with Crippen molar-refractivity contribution in [3.63, 3.8) is 0 Å². The second kappa shape index (κ2) is 10.6. The molecule has 4 nitrogen and oxygen atoms in total. The summed E-state index contributed by atoms with van der Waals surface area (Å²) >= 11 is 6.05. The molecule has 0 unspecified atom stereocenters. The lowest BCUT2D eigenvalue weighted by Gasteiger charge is -2.08. The Kier molecular flexibility index (Phi) is 8.16. The molecule has 2 amide bonds. The molecule has 2 N–H and O–H groups in total. The molecule has 2 aromatic rings. The van der Waals surface area contributed by atoms with Gasteiger partial charge in [-0.15, -0.1) is 0 Å². The number of nitrogens with one attached hydrogen (secondary N) is 2. The Balaban J connectivity index is 1.83. The van der Waals surface area contributed by atoms with Crippen molar-refractivity contribution < 1.29 is 9.59 Å². The van der Waals surface area contributed by atoms with Crippen LogP contribution in [-0.2, 0) is 4.79 Å². The summed E-state index contributed by atoms with van der Waals surface area (Å²) < 4.78 is 0. The van der Waals surface area contributed by atoms with Crippen LogP contribution in [0.1, 0.15) is 55.8 Å². The number of rotatable bonds is 9. The molecule has 0 saturated carbocycles. The summed E-state index contributed by atoms with van der Waals surface area (Å²) in [5.74, 6) is -0.235. The molecule has 2 aromatic carbocycles. The molecule has 0 radical (unpaired) electrons. The topological polar surface area (TPSA) is 58.2 Å². The van der Waals surface area contributed by atoms with Gasteiger partial charge in [-0.05, 0) is 42.8 Å². The molecular weight excluding hydrogens is 348 g/mol. The van der Waals surface area contributed by atoms with Crippen LogP contribution in [0.2, 0.25) is 5.02 Å². The van der Waals surface area contributed by atoms with Gasteiger partial charge in [-0.25, -0.2) is 0 Å². The number of anilines is 2. The fourth-order valence-corrected chi connectivity index (χ4v) is 2.76. The smallest absolute Gasteiger partial charge is 0.255 e. The van der Waals surface area contributed by atoms with E-state index in [1.807, 2.05) is 6.07 Å². The number of hydrogen-bond acceptors (Lipinski definition) is 2. The standard InChI is InChI=1S/C21H25ClN2O2/c1-2-3-4-5-6-11-20(25)23-17-14-12-16(13-15-17)21(26)24-19-10-8-7-9-18(19)22/h7-10,12-15H,2-6,11H2,1H3,(H,23,25)(H,24,26). The highest BCUT2D eigenvalue weighted by Crippen LogP contribution is 2.21. The Hall–Kier alpha value is -2.33. The van der Waals surface area contributed by atoms with Gasteiger partial charge in [0.15, 0.2) is 0 Å². The minimum atomic E-state index is -0.244. The monoisotopic (exact) mass is 372 g/mol. The third kappa shape index (κ3) is 6.52. The van der Waals surface area contributed by atoms with Gasteiger partial charge >= 0.3 is 0 Å². The van der Waals surface area contributed by atoms with E-state index in [1.54, 1.807) is 42.5 Å². The van der Waals surface area contributed by atoms with E-state index >= 15 is 0 Å². The SMILES string of the molecule is CCCCCCCC(=O)Nc1ccc(C(=O)Nc2ccccc2Cl)cc1. The van der Waals surface area contributed by atoms with Crippen molar-refractivity contribution in [3.05, 3.63) is 59.1 Å². The summed E-state index contributed by atoms with van der Waals surface area (Å²) in [6.45, 7) is 2.17. The van der Waals surface area contributed by atoms with Crippen LogP contribution in [0, 0.1) is 0 Å². The second-order valence-electron chi connectivity index (χ2n) is 6.22. The molecule has 0 spiro atoms. The van der Waals surface area contributed by atoms with E-state index in [1.165, 1.54) is 19.3 Å². The van der Waals surface area contributed by atoms with Crippen LogP contribution >= 0.6 is 11.6 Å². The van der Waals surface area contributed by atoms with Crippen molar-refractivity contribution in [2.75, 3.05) is 10.6 Å². The van der Waals surface area contributed by atoms with Gasteiger partial charge in [-0.1, -0.05) is 56.3 Å². The van der Waals surface area contributed by atoms with Crippen LogP contribution in [0.5, 0.6) is 0 Å². The third-order valence-electron chi connectivity index (χ3n) is 4.06. The Morgan fingerprint density at radius 3 is 2.27 bits per heavy atom. The first-order valence-electron chi connectivity index (χ1n) is 9.06. The largest absolute Gasteiger partial charge is 0.326 e. The molecule has 138 valence electrons. The van der Waals surface area contributed by atoms with E-state index in [4.69, 9.17) is 11.6 Å². The number of carbonyl (C=O) groups excluding carboxylic acids is 2. The van der Waals surface area contributed by atoms with Gasteiger partial charge in [0.25, 0.3) is 5.91 Å². The van der Waals surface area contributed by atoms with E-state index < -0.39 is 0 Å². The summed E-state index contributed by atoms with van der Waals surface area (Å²) in [5.41, 5.74) is 1.76. The quantitative estimate of drug-likeness (QED) is 0.539. The highest BCUT2D eigenvalue weighted by Gasteiger charge is 2.09. The molecule has 2 rings (SSSR count). The number of halogens is 1. The fourth-order valence-electron chi connectivity index (χ4n) is 2.57. The average Bonchev–Trinajstić information content (AvgIpc) is 2.64. The second-order valence-corrected chi connectivity index (χ2v) is 6.63. The van der Waals surface area contributed by atoms with Crippen molar-refractivity contribution >= 4 is 34.8 Å². The molecule has 0 aromatic heterocycles. The zero-order valence-corrected chi connectivity index (χ0v) is 15.8. The van der Waals surface area contributed by atoms with E-state index in [-0.39, 0.29) is 11.8 Å². The highest BCUT2D eigenvalue weighted by molar-refractivity contribution is 6.33. The van der Waals surface area contributed by atoms with Crippen molar-refractivity contribution in [1.82, 2.24) is 0 Å². The normalized spacial score (nSPS) is 10.4. The number of benzene rings is 2. The number of para-hydroxylation sites is 1. The number of hydrogen-bond donors (Lipinski definition) is 2. The number of unbranched alkanes of at least 4 members (excludes halogenated alkanes) is 4. The lowest BCUT2D eigenvalue weighted by molar-refractivity contribution is -0.116. The maximum atomic E-state index is 12.3. The minimum absolute atomic E-state index is 0.00904. The molecule has 0 fully saturated rings. The summed E-state index contributed by atoms with van der Waals surface area (Å²) in [7, 11) is 0. The fraction of sp³-hybridized carbons (Fsp3) is 0.333. The molecule has 5 heteroatoms. The van der Waals surface area contributed by atoms with Crippen molar-refractivity contribution in [2.45, 2.75) is 45.4 Å². The van der Waals surface area contributed by atoms with E-state index in [0.29, 0.717) is 28.4 Å². The van der Waals surface area contributed by atoms with Crippen LogP contribution in [0.3, 0.4) is 0 Å². The molecule has 0 aliphatic rings. The van der Waals surface area contributed by atoms with Gasteiger partial charge < -0.3 is 10.6 Å². The molecule has 0 bridgehead atoms. The predicted molar refractivity (Wildman–Crippen MR) is 108 cm³/mol. The number of amides is 2. The van der Waals surface area contributed by atoms with Crippen LogP contribution in [0.4, 0.5) is 11.4 Å². The van der Waals surface area contributed by atoms with Crippen molar-refractivity contribution in [2.24, 2.45) is 0 Å². The lowest BCUT2D eigenvalue weighted by atomic mass is 10.1. The summed E-state index contributed by atoms with van der Waals surface area (Å²) in [4.78, 5) is 24.2. The average molecular weight is 373 g/mol. The first kappa shape index (κ1) is 20.0. The Morgan fingerprint density at radius 2 is 1.58 bits per heavy atom. The first-order chi connectivity index (χ1) is 12.6. The van der Waals surface area contributed by atoms with Crippen LogP contribution in [0.15, 0.2) is 48.5 Å². The Bertz CT molecular complexity index is 729. The zero-order chi connectivity index (χ0) is 18.8. The van der Waals surface area contributed by atoms with E-state index in [9.17, 15) is 9.59 Å². The maximum Gasteiger partial charge on any atom is 0.255 e. The summed E-state index contributed by atoms with van der Waals surface area (Å²) in [5, 5.41) is 6.13. The molecule has 0 aliphatic heterocycles. The first-order valence-corrected chi connectivity index (χ1v) is 9.43. The van der Waals surface area contributed by atoms with Gasteiger partial charge in [0, 0.05) is 17.7 Å². The molecule has 0 atom stereocenters. The highest BCUT2D eigenvalue weighted by atomic mass is 35.5. The van der Waals surface area contributed by atoms with Crippen LogP contribution in [0.25, 0.3) is 0 Å². The van der Waals surface area contributed by atoms with Gasteiger partial charge in [0.2, 0.25) is 5.91 Å². The molecule has 26 heavy (non-hydrogen) atoms. The number of carbonyl (C=O) groups is 2. The van der Waals surface area contributed by atoms with Gasteiger partial charge in [-0.3, -0.25) is 9.59 Å². The molecule has 0 aliphatic carbocycles. The van der Waals surface area contributed by atoms with Crippen LogP contribution < -0.4 is 10.6 Å². The van der Waals surface area contributed by atoms with Gasteiger partial charge in [-0.2, -0.15) is 0 Å².